The van der Waals surface area contributed by atoms with E-state index in [2.05, 4.69) is 43.4 Å². The van der Waals surface area contributed by atoms with E-state index in [9.17, 15) is 14.9 Å². The van der Waals surface area contributed by atoms with Crippen LogP contribution >= 0.6 is 31.9 Å². The van der Waals surface area contributed by atoms with Gasteiger partial charge in [-0.15, -0.1) is 0 Å². The standard InChI is InChI=1S/C24H15Br2N3O3/c25-20-11-15(10-19-23(30)28-29(24(19)31)18-8-2-1-3-9-18)12-21(26)22(20)32-14-17-7-5-4-6-16(17)13-27/h1-12H,14H2,(H,28,30)/b19-10-. The second kappa shape index (κ2) is 9.39. The second-order valence-corrected chi connectivity index (χ2v) is 8.56. The summed E-state index contributed by atoms with van der Waals surface area (Å²) in [6, 6.07) is 21.8. The lowest BCUT2D eigenvalue weighted by atomic mass is 10.1. The van der Waals surface area contributed by atoms with Gasteiger partial charge in [0, 0.05) is 5.56 Å². The molecule has 3 aromatic rings. The summed E-state index contributed by atoms with van der Waals surface area (Å²) in [5.74, 6) is -0.352. The largest absolute Gasteiger partial charge is 0.486 e. The summed E-state index contributed by atoms with van der Waals surface area (Å²) in [4.78, 5) is 25.2. The molecule has 1 aliphatic rings. The van der Waals surface area contributed by atoms with E-state index >= 15 is 0 Å². The van der Waals surface area contributed by atoms with Gasteiger partial charge < -0.3 is 4.74 Å². The molecular formula is C24H15Br2N3O3. The Bertz CT molecular complexity index is 1260. The molecule has 0 aliphatic carbocycles. The van der Waals surface area contributed by atoms with E-state index in [1.807, 2.05) is 18.2 Å². The highest BCUT2D eigenvalue weighted by molar-refractivity contribution is 9.11. The highest BCUT2D eigenvalue weighted by atomic mass is 79.9. The third kappa shape index (κ3) is 4.44. The first-order valence-corrected chi connectivity index (χ1v) is 11.1. The van der Waals surface area contributed by atoms with Gasteiger partial charge in [0.05, 0.1) is 26.3 Å². The van der Waals surface area contributed by atoms with Crippen LogP contribution in [0.3, 0.4) is 0 Å². The maximum Gasteiger partial charge on any atom is 0.282 e. The zero-order valence-corrected chi connectivity index (χ0v) is 19.7. The highest BCUT2D eigenvalue weighted by Gasteiger charge is 2.34. The predicted octanol–water partition coefficient (Wildman–Crippen LogP) is 5.12. The van der Waals surface area contributed by atoms with Crippen LogP contribution in [0.4, 0.5) is 5.69 Å². The third-order valence-electron chi connectivity index (χ3n) is 4.75. The SMILES string of the molecule is N#Cc1ccccc1COc1c(Br)cc(/C=C2/C(=O)NN(c3ccccc3)C2=O)cc1Br. The number of ether oxygens (including phenoxy) is 1. The van der Waals surface area contributed by atoms with Crippen molar-refractivity contribution in [1.82, 2.24) is 5.43 Å². The normalized spacial score (nSPS) is 14.4. The molecule has 1 fully saturated rings. The van der Waals surface area contributed by atoms with Crippen molar-refractivity contribution in [2.24, 2.45) is 0 Å². The van der Waals surface area contributed by atoms with Crippen LogP contribution in [0.1, 0.15) is 16.7 Å². The number of rotatable bonds is 5. The molecule has 1 N–H and O–H groups in total. The Hall–Kier alpha value is -3.41. The number of hydrogen-bond donors (Lipinski definition) is 1. The number of halogens is 2. The summed E-state index contributed by atoms with van der Waals surface area (Å²) in [6.45, 7) is 0.217. The average molecular weight is 553 g/mol. The summed E-state index contributed by atoms with van der Waals surface area (Å²) < 4.78 is 7.19. The van der Waals surface area contributed by atoms with E-state index in [0.29, 0.717) is 31.5 Å². The molecule has 32 heavy (non-hydrogen) atoms. The second-order valence-electron chi connectivity index (χ2n) is 6.85. The van der Waals surface area contributed by atoms with Gasteiger partial charge in [-0.2, -0.15) is 5.26 Å². The van der Waals surface area contributed by atoms with Gasteiger partial charge in [-0.1, -0.05) is 36.4 Å². The van der Waals surface area contributed by atoms with E-state index in [1.54, 1.807) is 48.5 Å². The Balaban J connectivity index is 1.57. The average Bonchev–Trinajstić information content (AvgIpc) is 3.07. The van der Waals surface area contributed by atoms with Crippen LogP contribution in [0.15, 0.2) is 81.2 Å². The fourth-order valence-corrected chi connectivity index (χ4v) is 4.64. The minimum Gasteiger partial charge on any atom is -0.486 e. The van der Waals surface area contributed by atoms with Crippen molar-refractivity contribution in [3.05, 3.63) is 97.9 Å². The van der Waals surface area contributed by atoms with Crippen molar-refractivity contribution >= 4 is 55.4 Å². The minimum absolute atomic E-state index is 0.0317. The summed E-state index contributed by atoms with van der Waals surface area (Å²) in [6.07, 6.45) is 1.53. The van der Waals surface area contributed by atoms with Gasteiger partial charge >= 0.3 is 0 Å². The molecule has 0 spiro atoms. The van der Waals surface area contributed by atoms with E-state index < -0.39 is 11.8 Å². The van der Waals surface area contributed by atoms with Gasteiger partial charge in [0.15, 0.2) is 0 Å². The quantitative estimate of drug-likeness (QED) is 0.351. The minimum atomic E-state index is -0.473. The van der Waals surface area contributed by atoms with Gasteiger partial charge in [0.1, 0.15) is 17.9 Å². The fraction of sp³-hybridized carbons (Fsp3) is 0.0417. The third-order valence-corrected chi connectivity index (χ3v) is 5.93. The summed E-state index contributed by atoms with van der Waals surface area (Å²) in [5, 5.41) is 10.5. The monoisotopic (exact) mass is 551 g/mol. The molecule has 2 amide bonds. The van der Waals surface area contributed by atoms with E-state index in [0.717, 1.165) is 5.56 Å². The van der Waals surface area contributed by atoms with Gasteiger partial charge in [0.2, 0.25) is 0 Å². The number of anilines is 1. The first-order valence-electron chi connectivity index (χ1n) is 9.50. The van der Waals surface area contributed by atoms with Gasteiger partial charge in [-0.3, -0.25) is 15.0 Å². The number of carbonyl (C=O) groups excluding carboxylic acids is 2. The molecule has 0 aromatic heterocycles. The van der Waals surface area contributed by atoms with Crippen molar-refractivity contribution in [3.8, 4) is 11.8 Å². The number of benzene rings is 3. The first kappa shape index (κ1) is 21.8. The molecule has 0 atom stereocenters. The Morgan fingerprint density at radius 3 is 2.34 bits per heavy atom. The molecule has 4 rings (SSSR count). The number of hydrogen-bond acceptors (Lipinski definition) is 4. The van der Waals surface area contributed by atoms with E-state index in [1.165, 1.54) is 11.1 Å². The van der Waals surface area contributed by atoms with Crippen molar-refractivity contribution in [2.45, 2.75) is 6.61 Å². The van der Waals surface area contributed by atoms with Crippen molar-refractivity contribution in [2.75, 3.05) is 5.01 Å². The molecule has 3 aromatic carbocycles. The Kier molecular flexibility index (Phi) is 6.40. The topological polar surface area (TPSA) is 82.4 Å². The molecule has 0 bridgehead atoms. The lowest BCUT2D eigenvalue weighted by Crippen LogP contribution is -2.35. The number of amides is 2. The van der Waals surface area contributed by atoms with E-state index in [-0.39, 0.29) is 12.2 Å². The van der Waals surface area contributed by atoms with Gasteiger partial charge in [0.25, 0.3) is 11.8 Å². The molecule has 1 aliphatic heterocycles. The van der Waals surface area contributed by atoms with Crippen LogP contribution in [-0.4, -0.2) is 11.8 Å². The number of para-hydroxylation sites is 1. The van der Waals surface area contributed by atoms with Crippen LogP contribution in [0.25, 0.3) is 6.08 Å². The summed E-state index contributed by atoms with van der Waals surface area (Å²) in [5.41, 5.74) is 5.16. The maximum atomic E-state index is 12.8. The number of nitrogens with one attached hydrogen (secondary N) is 1. The number of carbonyl (C=O) groups is 2. The van der Waals surface area contributed by atoms with Crippen LogP contribution in [0.5, 0.6) is 5.75 Å². The Morgan fingerprint density at radius 2 is 1.66 bits per heavy atom. The molecule has 1 heterocycles. The molecule has 0 unspecified atom stereocenters. The highest BCUT2D eigenvalue weighted by Crippen LogP contribution is 2.36. The van der Waals surface area contributed by atoms with Crippen LogP contribution in [0.2, 0.25) is 0 Å². The summed E-state index contributed by atoms with van der Waals surface area (Å²) in [7, 11) is 0. The molecule has 1 saturated heterocycles. The Morgan fingerprint density at radius 1 is 1.00 bits per heavy atom. The van der Waals surface area contributed by atoms with Crippen molar-refractivity contribution in [1.29, 1.82) is 5.26 Å². The molecule has 6 nitrogen and oxygen atoms in total. The lowest BCUT2D eigenvalue weighted by molar-refractivity contribution is -0.117. The molecule has 0 saturated carbocycles. The smallest absolute Gasteiger partial charge is 0.282 e. The Labute approximate surface area is 201 Å². The number of nitriles is 1. The van der Waals surface area contributed by atoms with Gasteiger partial charge in [-0.25, -0.2) is 5.01 Å². The lowest BCUT2D eigenvalue weighted by Gasteiger charge is -2.14. The molecular weight excluding hydrogens is 538 g/mol. The summed E-state index contributed by atoms with van der Waals surface area (Å²) >= 11 is 6.98. The molecule has 8 heteroatoms. The number of nitrogens with zero attached hydrogens (tertiary/aromatic N) is 2. The number of hydrazine groups is 1. The zero-order chi connectivity index (χ0) is 22.7. The van der Waals surface area contributed by atoms with Gasteiger partial charge in [-0.05, 0) is 73.8 Å². The fourth-order valence-electron chi connectivity index (χ4n) is 3.19. The molecule has 0 radical (unpaired) electrons. The van der Waals surface area contributed by atoms with Crippen molar-refractivity contribution in [3.63, 3.8) is 0 Å². The van der Waals surface area contributed by atoms with Crippen molar-refractivity contribution < 1.29 is 14.3 Å². The van der Waals surface area contributed by atoms with Crippen LogP contribution in [-0.2, 0) is 16.2 Å². The van der Waals surface area contributed by atoms with E-state index in [4.69, 9.17) is 4.74 Å². The van der Waals surface area contributed by atoms with Crippen LogP contribution < -0.4 is 15.2 Å². The molecule has 158 valence electrons. The predicted molar refractivity (Wildman–Crippen MR) is 127 cm³/mol. The maximum absolute atomic E-state index is 12.8. The first-order chi connectivity index (χ1) is 15.5. The van der Waals surface area contributed by atoms with Crippen LogP contribution in [0, 0.1) is 11.3 Å². The zero-order valence-electron chi connectivity index (χ0n) is 16.5.